The molecule has 0 atom stereocenters. The fraction of sp³-hybridized carbons (Fsp3) is 0.300. The largest absolute Gasteiger partial charge is 0.490 e. The molecule has 6 heteroatoms. The molecule has 0 unspecified atom stereocenters. The SMILES string of the molecule is CC(=O)Nc1cccc(C(=O)N2CCC(Oc3ccc(Cl)cc3)CC2)c1. The summed E-state index contributed by atoms with van der Waals surface area (Å²) in [4.78, 5) is 25.7. The topological polar surface area (TPSA) is 58.6 Å². The Morgan fingerprint density at radius 1 is 1.12 bits per heavy atom. The number of hydrogen-bond acceptors (Lipinski definition) is 3. The van der Waals surface area contributed by atoms with Crippen molar-refractivity contribution < 1.29 is 14.3 Å². The van der Waals surface area contributed by atoms with Gasteiger partial charge in [0.05, 0.1) is 0 Å². The summed E-state index contributed by atoms with van der Waals surface area (Å²) in [6, 6.07) is 14.3. The average Bonchev–Trinajstić information content (AvgIpc) is 2.63. The van der Waals surface area contributed by atoms with E-state index in [4.69, 9.17) is 16.3 Å². The Labute approximate surface area is 157 Å². The Morgan fingerprint density at radius 2 is 1.81 bits per heavy atom. The van der Waals surface area contributed by atoms with Gasteiger partial charge in [-0.1, -0.05) is 17.7 Å². The van der Waals surface area contributed by atoms with Crippen LogP contribution in [0.5, 0.6) is 5.75 Å². The van der Waals surface area contributed by atoms with E-state index >= 15 is 0 Å². The number of nitrogens with one attached hydrogen (secondary N) is 1. The van der Waals surface area contributed by atoms with E-state index in [1.807, 2.05) is 17.0 Å². The van der Waals surface area contributed by atoms with E-state index in [9.17, 15) is 9.59 Å². The summed E-state index contributed by atoms with van der Waals surface area (Å²) in [7, 11) is 0. The van der Waals surface area contributed by atoms with E-state index in [-0.39, 0.29) is 17.9 Å². The molecule has 0 radical (unpaired) electrons. The zero-order chi connectivity index (χ0) is 18.5. The van der Waals surface area contributed by atoms with Gasteiger partial charge in [0.1, 0.15) is 11.9 Å². The summed E-state index contributed by atoms with van der Waals surface area (Å²) in [5, 5.41) is 3.38. The van der Waals surface area contributed by atoms with Gasteiger partial charge in [-0.05, 0) is 42.5 Å². The van der Waals surface area contributed by atoms with Crippen molar-refractivity contribution in [2.45, 2.75) is 25.9 Å². The maximum absolute atomic E-state index is 12.7. The van der Waals surface area contributed by atoms with Crippen LogP contribution in [-0.2, 0) is 4.79 Å². The number of nitrogens with zero attached hydrogens (tertiary/aromatic N) is 1. The minimum Gasteiger partial charge on any atom is -0.490 e. The first-order valence-electron chi connectivity index (χ1n) is 8.60. The average molecular weight is 373 g/mol. The van der Waals surface area contributed by atoms with E-state index in [0.29, 0.717) is 29.4 Å². The highest BCUT2D eigenvalue weighted by molar-refractivity contribution is 6.30. The number of amides is 2. The molecule has 0 aromatic heterocycles. The first-order chi connectivity index (χ1) is 12.5. The Kier molecular flexibility index (Phi) is 5.78. The van der Waals surface area contributed by atoms with Gasteiger partial charge in [-0.25, -0.2) is 0 Å². The molecule has 1 fully saturated rings. The lowest BCUT2D eigenvalue weighted by Gasteiger charge is -2.32. The predicted octanol–water partition coefficient (Wildman–Crippen LogP) is 3.98. The summed E-state index contributed by atoms with van der Waals surface area (Å²) in [6.45, 7) is 2.73. The second-order valence-corrected chi connectivity index (χ2v) is 6.76. The standard InChI is InChI=1S/C20H21ClN2O3/c1-14(24)22-17-4-2-3-15(13-17)20(25)23-11-9-19(10-12-23)26-18-7-5-16(21)6-8-18/h2-8,13,19H,9-12H2,1H3,(H,22,24). The van der Waals surface area contributed by atoms with Gasteiger partial charge in [-0.15, -0.1) is 0 Å². The molecule has 1 saturated heterocycles. The van der Waals surface area contributed by atoms with Crippen LogP contribution in [0.4, 0.5) is 5.69 Å². The zero-order valence-corrected chi connectivity index (χ0v) is 15.3. The van der Waals surface area contributed by atoms with Gasteiger partial charge >= 0.3 is 0 Å². The first-order valence-corrected chi connectivity index (χ1v) is 8.98. The van der Waals surface area contributed by atoms with Crippen molar-refractivity contribution in [3.05, 3.63) is 59.1 Å². The molecule has 0 saturated carbocycles. The Bertz CT molecular complexity index is 784. The zero-order valence-electron chi connectivity index (χ0n) is 14.6. The lowest BCUT2D eigenvalue weighted by Crippen LogP contribution is -2.41. The van der Waals surface area contributed by atoms with Crippen LogP contribution in [0.2, 0.25) is 5.02 Å². The summed E-state index contributed by atoms with van der Waals surface area (Å²) < 4.78 is 5.96. The summed E-state index contributed by atoms with van der Waals surface area (Å²) in [5.41, 5.74) is 1.21. The molecule has 1 aliphatic heterocycles. The Balaban J connectivity index is 1.56. The number of carbonyl (C=O) groups excluding carboxylic acids is 2. The van der Waals surface area contributed by atoms with Crippen molar-refractivity contribution in [1.82, 2.24) is 4.90 Å². The molecule has 2 amide bonds. The van der Waals surface area contributed by atoms with Crippen LogP contribution in [0.15, 0.2) is 48.5 Å². The van der Waals surface area contributed by atoms with Gasteiger partial charge in [-0.2, -0.15) is 0 Å². The van der Waals surface area contributed by atoms with Crippen molar-refractivity contribution in [2.24, 2.45) is 0 Å². The van der Waals surface area contributed by atoms with Crippen LogP contribution in [-0.4, -0.2) is 35.9 Å². The molecular formula is C20H21ClN2O3. The molecule has 0 aliphatic carbocycles. The second kappa shape index (κ2) is 8.23. The minimum atomic E-state index is -0.158. The molecule has 136 valence electrons. The van der Waals surface area contributed by atoms with Gasteiger partial charge in [0.15, 0.2) is 0 Å². The van der Waals surface area contributed by atoms with Crippen molar-refractivity contribution in [3.8, 4) is 5.75 Å². The minimum absolute atomic E-state index is 0.0258. The smallest absolute Gasteiger partial charge is 0.253 e. The van der Waals surface area contributed by atoms with Crippen LogP contribution in [0.25, 0.3) is 0 Å². The lowest BCUT2D eigenvalue weighted by atomic mass is 10.1. The first kappa shape index (κ1) is 18.3. The quantitative estimate of drug-likeness (QED) is 0.883. The van der Waals surface area contributed by atoms with Crippen molar-refractivity contribution in [2.75, 3.05) is 18.4 Å². The molecule has 2 aromatic rings. The molecule has 0 bridgehead atoms. The van der Waals surface area contributed by atoms with Gasteiger partial charge < -0.3 is 15.0 Å². The number of benzene rings is 2. The number of halogens is 1. The maximum Gasteiger partial charge on any atom is 0.253 e. The fourth-order valence-electron chi connectivity index (χ4n) is 3.00. The van der Waals surface area contributed by atoms with Gasteiger partial charge in [0.25, 0.3) is 5.91 Å². The highest BCUT2D eigenvalue weighted by Crippen LogP contribution is 2.22. The van der Waals surface area contributed by atoms with Crippen LogP contribution >= 0.6 is 11.6 Å². The summed E-state index contributed by atoms with van der Waals surface area (Å²) in [6.07, 6.45) is 1.64. The number of hydrogen-bond donors (Lipinski definition) is 1. The van der Waals surface area contributed by atoms with Gasteiger partial charge in [0.2, 0.25) is 5.91 Å². The van der Waals surface area contributed by atoms with E-state index in [0.717, 1.165) is 18.6 Å². The normalized spacial score (nSPS) is 14.8. The summed E-state index contributed by atoms with van der Waals surface area (Å²) in [5.74, 6) is 0.610. The number of ether oxygens (including phenoxy) is 1. The molecule has 2 aromatic carbocycles. The highest BCUT2D eigenvalue weighted by atomic mass is 35.5. The third-order valence-corrected chi connectivity index (χ3v) is 4.53. The van der Waals surface area contributed by atoms with Crippen molar-refractivity contribution in [1.29, 1.82) is 0 Å². The van der Waals surface area contributed by atoms with E-state index < -0.39 is 0 Å². The van der Waals surface area contributed by atoms with Crippen molar-refractivity contribution >= 4 is 29.1 Å². The van der Waals surface area contributed by atoms with Gasteiger partial charge in [-0.3, -0.25) is 9.59 Å². The van der Waals surface area contributed by atoms with Crippen LogP contribution in [0.3, 0.4) is 0 Å². The number of anilines is 1. The Morgan fingerprint density at radius 3 is 2.46 bits per heavy atom. The fourth-order valence-corrected chi connectivity index (χ4v) is 3.12. The number of piperidine rings is 1. The monoisotopic (exact) mass is 372 g/mol. The molecule has 3 rings (SSSR count). The number of likely N-dealkylation sites (tertiary alicyclic amines) is 1. The predicted molar refractivity (Wildman–Crippen MR) is 102 cm³/mol. The van der Waals surface area contributed by atoms with Crippen LogP contribution < -0.4 is 10.1 Å². The van der Waals surface area contributed by atoms with Crippen LogP contribution in [0, 0.1) is 0 Å². The molecule has 1 N–H and O–H groups in total. The lowest BCUT2D eigenvalue weighted by molar-refractivity contribution is -0.114. The van der Waals surface area contributed by atoms with E-state index in [1.54, 1.807) is 36.4 Å². The molecule has 1 aliphatic rings. The Hall–Kier alpha value is -2.53. The van der Waals surface area contributed by atoms with Gasteiger partial charge in [0, 0.05) is 49.1 Å². The number of rotatable bonds is 4. The van der Waals surface area contributed by atoms with Crippen molar-refractivity contribution in [3.63, 3.8) is 0 Å². The molecule has 0 spiro atoms. The highest BCUT2D eigenvalue weighted by Gasteiger charge is 2.24. The molecule has 1 heterocycles. The molecular weight excluding hydrogens is 352 g/mol. The van der Waals surface area contributed by atoms with E-state index in [1.165, 1.54) is 6.92 Å². The van der Waals surface area contributed by atoms with Crippen LogP contribution in [0.1, 0.15) is 30.1 Å². The second-order valence-electron chi connectivity index (χ2n) is 6.33. The third kappa shape index (κ3) is 4.76. The number of carbonyl (C=O) groups is 2. The molecule has 5 nitrogen and oxygen atoms in total. The summed E-state index contributed by atoms with van der Waals surface area (Å²) >= 11 is 5.88. The third-order valence-electron chi connectivity index (χ3n) is 4.28. The van der Waals surface area contributed by atoms with E-state index in [2.05, 4.69) is 5.32 Å². The molecule has 26 heavy (non-hydrogen) atoms. The maximum atomic E-state index is 12.7.